The molecule has 6 heteroatoms. The van der Waals surface area contributed by atoms with Crippen LogP contribution in [0.15, 0.2) is 23.1 Å². The molecule has 0 aliphatic heterocycles. The molecule has 0 aromatic heterocycles. The minimum atomic E-state index is -0.794. The van der Waals surface area contributed by atoms with Crippen molar-refractivity contribution in [1.29, 1.82) is 0 Å². The summed E-state index contributed by atoms with van der Waals surface area (Å²) in [6.07, 6.45) is 6.70. The van der Waals surface area contributed by atoms with Crippen LogP contribution in [-0.2, 0) is 4.79 Å². The molecule has 0 atom stereocenters. The van der Waals surface area contributed by atoms with Crippen LogP contribution in [-0.4, -0.2) is 52.3 Å². The maximum absolute atomic E-state index is 12.9. The predicted molar refractivity (Wildman–Crippen MR) is 108 cm³/mol. The summed E-state index contributed by atoms with van der Waals surface area (Å²) in [4.78, 5) is 26.9. The summed E-state index contributed by atoms with van der Waals surface area (Å²) in [5.74, 6) is -0.790. The lowest BCUT2D eigenvalue weighted by molar-refractivity contribution is -0.139. The number of carboxylic acids is 1. The Morgan fingerprint density at radius 2 is 1.96 bits per heavy atom. The zero-order chi connectivity index (χ0) is 19.4. The highest BCUT2D eigenvalue weighted by Crippen LogP contribution is 2.37. The van der Waals surface area contributed by atoms with Crippen LogP contribution in [0.2, 0.25) is 0 Å². The molecule has 0 spiro atoms. The highest BCUT2D eigenvalue weighted by molar-refractivity contribution is 8.00. The van der Waals surface area contributed by atoms with E-state index < -0.39 is 5.97 Å². The lowest BCUT2D eigenvalue weighted by Crippen LogP contribution is -2.54. The molecule has 2 aliphatic rings. The molecule has 2 fully saturated rings. The lowest BCUT2D eigenvalue weighted by Gasteiger charge is -2.42. The minimum absolute atomic E-state index is 0.00364. The molecule has 2 saturated carbocycles. The Kier molecular flexibility index (Phi) is 6.82. The topological polar surface area (TPSA) is 69.6 Å². The second-order valence-electron chi connectivity index (χ2n) is 7.78. The standard InChI is InChI=1S/C21H30N2O3S/c1-3-23(13-20(24)25)16-11-15(12-16)22-21(26)18-10-14(2)8-9-19(18)27-17-6-4-5-7-17/h8-10,15-17H,3-7,11-13H2,1-2H3,(H,22,26)(H,24,25). The predicted octanol–water partition coefficient (Wildman–Crippen LogP) is 3.70. The molecule has 2 aliphatic carbocycles. The highest BCUT2D eigenvalue weighted by atomic mass is 32.2. The van der Waals surface area contributed by atoms with Crippen molar-refractivity contribution in [2.24, 2.45) is 0 Å². The van der Waals surface area contributed by atoms with Gasteiger partial charge >= 0.3 is 5.97 Å². The average molecular weight is 391 g/mol. The molecule has 5 nitrogen and oxygen atoms in total. The maximum atomic E-state index is 12.9. The Morgan fingerprint density at radius 1 is 1.26 bits per heavy atom. The van der Waals surface area contributed by atoms with Crippen LogP contribution >= 0.6 is 11.8 Å². The van der Waals surface area contributed by atoms with Gasteiger partial charge < -0.3 is 10.4 Å². The summed E-state index contributed by atoms with van der Waals surface area (Å²) in [7, 11) is 0. The Balaban J connectivity index is 1.58. The van der Waals surface area contributed by atoms with Gasteiger partial charge in [-0.15, -0.1) is 11.8 Å². The summed E-state index contributed by atoms with van der Waals surface area (Å²) in [6.45, 7) is 4.79. The first-order valence-corrected chi connectivity index (χ1v) is 10.9. The first-order chi connectivity index (χ1) is 13.0. The third-order valence-electron chi connectivity index (χ3n) is 5.68. The number of carboxylic acid groups (broad SMARTS) is 1. The summed E-state index contributed by atoms with van der Waals surface area (Å²) in [6, 6.07) is 6.54. The monoisotopic (exact) mass is 390 g/mol. The highest BCUT2D eigenvalue weighted by Gasteiger charge is 2.35. The SMILES string of the molecule is CCN(CC(=O)O)C1CC(NC(=O)c2cc(C)ccc2SC2CCCC2)C1. The van der Waals surface area contributed by atoms with E-state index in [0.717, 1.165) is 35.4 Å². The van der Waals surface area contributed by atoms with Crippen molar-refractivity contribution in [2.75, 3.05) is 13.1 Å². The number of carbonyl (C=O) groups is 2. The molecule has 148 valence electrons. The largest absolute Gasteiger partial charge is 0.480 e. The third-order valence-corrected chi connectivity index (χ3v) is 7.10. The maximum Gasteiger partial charge on any atom is 0.317 e. The molecular weight excluding hydrogens is 360 g/mol. The molecule has 1 aromatic carbocycles. The van der Waals surface area contributed by atoms with E-state index in [0.29, 0.717) is 5.25 Å². The van der Waals surface area contributed by atoms with E-state index in [9.17, 15) is 9.59 Å². The van der Waals surface area contributed by atoms with Crippen LogP contribution in [0.5, 0.6) is 0 Å². The van der Waals surface area contributed by atoms with Gasteiger partial charge in [-0.25, -0.2) is 0 Å². The number of aliphatic carboxylic acids is 1. The van der Waals surface area contributed by atoms with Crippen molar-refractivity contribution in [3.05, 3.63) is 29.3 Å². The molecule has 0 saturated heterocycles. The first kappa shape index (κ1) is 20.2. The van der Waals surface area contributed by atoms with Gasteiger partial charge in [0.25, 0.3) is 5.91 Å². The van der Waals surface area contributed by atoms with Gasteiger partial charge in [0.15, 0.2) is 0 Å². The van der Waals surface area contributed by atoms with Gasteiger partial charge in [-0.1, -0.05) is 31.4 Å². The number of nitrogens with zero attached hydrogens (tertiary/aromatic N) is 1. The molecular formula is C21H30N2O3S. The van der Waals surface area contributed by atoms with E-state index in [1.54, 1.807) is 0 Å². The van der Waals surface area contributed by atoms with Gasteiger partial charge in [-0.2, -0.15) is 0 Å². The van der Waals surface area contributed by atoms with Crippen molar-refractivity contribution >= 4 is 23.6 Å². The van der Waals surface area contributed by atoms with Gasteiger partial charge in [0, 0.05) is 22.2 Å². The fraction of sp³-hybridized carbons (Fsp3) is 0.619. The average Bonchev–Trinajstić information content (AvgIpc) is 3.10. The van der Waals surface area contributed by atoms with E-state index in [4.69, 9.17) is 5.11 Å². The van der Waals surface area contributed by atoms with Crippen LogP contribution in [0.3, 0.4) is 0 Å². The van der Waals surface area contributed by atoms with Gasteiger partial charge in [-0.05, 0) is 51.3 Å². The summed E-state index contributed by atoms with van der Waals surface area (Å²) >= 11 is 1.85. The number of rotatable bonds is 8. The van der Waals surface area contributed by atoms with Crippen LogP contribution < -0.4 is 5.32 Å². The van der Waals surface area contributed by atoms with Gasteiger partial charge in [-0.3, -0.25) is 14.5 Å². The zero-order valence-electron chi connectivity index (χ0n) is 16.2. The molecule has 0 unspecified atom stereocenters. The molecule has 2 N–H and O–H groups in total. The van der Waals surface area contributed by atoms with Crippen molar-refractivity contribution < 1.29 is 14.7 Å². The fourth-order valence-electron chi connectivity index (χ4n) is 4.05. The number of hydrogen-bond donors (Lipinski definition) is 2. The number of thioether (sulfide) groups is 1. The van der Waals surface area contributed by atoms with Gasteiger partial charge in [0.2, 0.25) is 0 Å². The Bertz CT molecular complexity index is 682. The lowest BCUT2D eigenvalue weighted by atomic mass is 9.85. The summed E-state index contributed by atoms with van der Waals surface area (Å²) in [5.41, 5.74) is 1.88. The number of hydrogen-bond acceptors (Lipinski definition) is 4. The van der Waals surface area contributed by atoms with E-state index in [2.05, 4.69) is 17.4 Å². The van der Waals surface area contributed by atoms with Crippen LogP contribution in [0, 0.1) is 6.92 Å². The number of aryl methyl sites for hydroxylation is 1. The third kappa shape index (κ3) is 5.26. The Hall–Kier alpha value is -1.53. The van der Waals surface area contributed by atoms with Crippen LogP contribution in [0.25, 0.3) is 0 Å². The number of nitrogens with one attached hydrogen (secondary N) is 1. The quantitative estimate of drug-likeness (QED) is 0.708. The van der Waals surface area contributed by atoms with Crippen LogP contribution in [0.1, 0.15) is 61.4 Å². The van der Waals surface area contributed by atoms with E-state index in [-0.39, 0.29) is 24.5 Å². The fourth-order valence-corrected chi connectivity index (χ4v) is 5.40. The number of amides is 1. The number of benzene rings is 1. The smallest absolute Gasteiger partial charge is 0.317 e. The number of carbonyl (C=O) groups excluding carboxylic acids is 1. The van der Waals surface area contributed by atoms with Crippen molar-refractivity contribution in [3.63, 3.8) is 0 Å². The first-order valence-electron chi connectivity index (χ1n) is 10.00. The summed E-state index contributed by atoms with van der Waals surface area (Å²) in [5, 5.41) is 12.8. The van der Waals surface area contributed by atoms with Gasteiger partial charge in [0.1, 0.15) is 0 Å². The normalized spacial score (nSPS) is 22.6. The van der Waals surface area contributed by atoms with E-state index >= 15 is 0 Å². The second-order valence-corrected chi connectivity index (χ2v) is 9.12. The second kappa shape index (κ2) is 9.11. The van der Waals surface area contributed by atoms with Gasteiger partial charge in [0.05, 0.1) is 12.1 Å². The Labute approximate surface area is 165 Å². The minimum Gasteiger partial charge on any atom is -0.480 e. The molecule has 0 bridgehead atoms. The van der Waals surface area contributed by atoms with E-state index in [1.165, 1.54) is 25.7 Å². The number of likely N-dealkylation sites (N-methyl/N-ethyl adjacent to an activating group) is 1. The molecule has 3 rings (SSSR count). The van der Waals surface area contributed by atoms with Crippen LogP contribution in [0.4, 0.5) is 0 Å². The van der Waals surface area contributed by atoms with Crippen molar-refractivity contribution in [2.45, 2.75) is 74.6 Å². The Morgan fingerprint density at radius 3 is 2.59 bits per heavy atom. The molecule has 27 heavy (non-hydrogen) atoms. The molecule has 1 amide bonds. The molecule has 0 radical (unpaired) electrons. The summed E-state index contributed by atoms with van der Waals surface area (Å²) < 4.78 is 0. The molecule has 0 heterocycles. The van der Waals surface area contributed by atoms with Crippen molar-refractivity contribution in [3.8, 4) is 0 Å². The molecule has 1 aromatic rings. The van der Waals surface area contributed by atoms with E-state index in [1.807, 2.05) is 36.6 Å². The van der Waals surface area contributed by atoms with Crippen molar-refractivity contribution in [1.82, 2.24) is 10.2 Å². The zero-order valence-corrected chi connectivity index (χ0v) is 17.1.